The molecule has 0 aliphatic heterocycles. The van der Waals surface area contributed by atoms with Gasteiger partial charge in [-0.05, 0) is 29.8 Å². The predicted octanol–water partition coefficient (Wildman–Crippen LogP) is 2.29. The number of aromatic nitrogens is 2. The molecule has 0 radical (unpaired) electrons. The van der Waals surface area contributed by atoms with Crippen LogP contribution in [0, 0.1) is 0 Å². The van der Waals surface area contributed by atoms with Crippen molar-refractivity contribution in [2.24, 2.45) is 0 Å². The number of benzene rings is 1. The first kappa shape index (κ1) is 16.9. The number of thiazole rings is 1. The zero-order chi connectivity index (χ0) is 17.6. The van der Waals surface area contributed by atoms with Crippen LogP contribution in [-0.2, 0) is 13.1 Å². The average molecular weight is 355 g/mol. The van der Waals surface area contributed by atoms with E-state index in [4.69, 9.17) is 4.74 Å². The van der Waals surface area contributed by atoms with Crippen LogP contribution in [0.15, 0.2) is 59.7 Å². The van der Waals surface area contributed by atoms with E-state index in [1.165, 1.54) is 4.57 Å². The molecule has 2 heterocycles. The van der Waals surface area contributed by atoms with E-state index >= 15 is 0 Å². The molecule has 0 saturated heterocycles. The Morgan fingerprint density at radius 2 is 2.04 bits per heavy atom. The number of hydrogen-bond donors (Lipinski definition) is 1. The molecule has 0 fully saturated rings. The molecule has 128 valence electrons. The van der Waals surface area contributed by atoms with E-state index in [1.807, 2.05) is 42.5 Å². The van der Waals surface area contributed by atoms with Gasteiger partial charge < -0.3 is 10.1 Å². The number of rotatable bonds is 6. The van der Waals surface area contributed by atoms with Gasteiger partial charge in [-0.1, -0.05) is 29.5 Å². The highest BCUT2D eigenvalue weighted by Crippen LogP contribution is 2.11. The van der Waals surface area contributed by atoms with Crippen molar-refractivity contribution in [3.8, 4) is 5.75 Å². The quantitative estimate of drug-likeness (QED) is 0.736. The van der Waals surface area contributed by atoms with Gasteiger partial charge in [0.05, 0.1) is 19.3 Å². The Morgan fingerprint density at radius 1 is 1.24 bits per heavy atom. The van der Waals surface area contributed by atoms with Gasteiger partial charge in [0.1, 0.15) is 10.6 Å². The van der Waals surface area contributed by atoms with Crippen molar-refractivity contribution in [1.82, 2.24) is 14.9 Å². The van der Waals surface area contributed by atoms with Crippen LogP contribution in [0.1, 0.15) is 20.9 Å². The number of methoxy groups -OCH3 is 1. The maximum atomic E-state index is 12.3. The van der Waals surface area contributed by atoms with E-state index < -0.39 is 0 Å². The number of pyridine rings is 1. The van der Waals surface area contributed by atoms with Crippen molar-refractivity contribution in [1.29, 1.82) is 0 Å². The molecule has 0 aliphatic carbocycles. The van der Waals surface area contributed by atoms with Gasteiger partial charge in [-0.3, -0.25) is 19.1 Å². The molecule has 25 heavy (non-hydrogen) atoms. The second-order valence-electron chi connectivity index (χ2n) is 5.34. The fourth-order valence-corrected chi connectivity index (χ4v) is 3.03. The highest BCUT2D eigenvalue weighted by atomic mass is 32.1. The van der Waals surface area contributed by atoms with Crippen molar-refractivity contribution < 1.29 is 9.53 Å². The van der Waals surface area contributed by atoms with E-state index in [0.29, 0.717) is 18.0 Å². The molecule has 2 aromatic heterocycles. The molecule has 3 rings (SSSR count). The van der Waals surface area contributed by atoms with Gasteiger partial charge >= 0.3 is 4.87 Å². The predicted molar refractivity (Wildman–Crippen MR) is 96.1 cm³/mol. The molecule has 3 aromatic rings. The summed E-state index contributed by atoms with van der Waals surface area (Å²) in [6.45, 7) is 0.733. The van der Waals surface area contributed by atoms with Crippen molar-refractivity contribution in [2.75, 3.05) is 7.11 Å². The molecule has 6 nitrogen and oxygen atoms in total. The van der Waals surface area contributed by atoms with Crippen LogP contribution in [0.3, 0.4) is 0 Å². The van der Waals surface area contributed by atoms with Gasteiger partial charge in [0.2, 0.25) is 0 Å². The third-order valence-electron chi connectivity index (χ3n) is 3.60. The Bertz CT molecular complexity index is 901. The smallest absolute Gasteiger partial charge is 0.308 e. The lowest BCUT2D eigenvalue weighted by Crippen LogP contribution is -2.21. The molecule has 1 amide bonds. The van der Waals surface area contributed by atoms with Crippen LogP contribution >= 0.6 is 11.3 Å². The van der Waals surface area contributed by atoms with E-state index in [9.17, 15) is 9.59 Å². The van der Waals surface area contributed by atoms with Gasteiger partial charge in [-0.2, -0.15) is 0 Å². The molecular formula is C18H17N3O3S. The number of hydrogen-bond acceptors (Lipinski definition) is 5. The zero-order valence-electron chi connectivity index (χ0n) is 13.6. The topological polar surface area (TPSA) is 73.2 Å². The Kier molecular flexibility index (Phi) is 5.25. The summed E-state index contributed by atoms with van der Waals surface area (Å²) < 4.78 is 6.60. The van der Waals surface area contributed by atoms with Gasteiger partial charge in [0.25, 0.3) is 5.91 Å². The Morgan fingerprint density at radius 3 is 2.72 bits per heavy atom. The second-order valence-corrected chi connectivity index (χ2v) is 6.33. The first-order chi connectivity index (χ1) is 12.2. The summed E-state index contributed by atoms with van der Waals surface area (Å²) in [5, 5.41) is 2.82. The molecular weight excluding hydrogens is 338 g/mol. The van der Waals surface area contributed by atoms with Crippen molar-refractivity contribution >= 4 is 17.2 Å². The van der Waals surface area contributed by atoms with Crippen molar-refractivity contribution in [3.63, 3.8) is 0 Å². The molecule has 0 atom stereocenters. The van der Waals surface area contributed by atoms with Gasteiger partial charge in [0.15, 0.2) is 0 Å². The number of carbonyl (C=O) groups is 1. The Hall–Kier alpha value is -2.93. The molecule has 1 N–H and O–H groups in total. The lowest BCUT2D eigenvalue weighted by Gasteiger charge is -2.05. The SMILES string of the molecule is COc1ccc(CNC(=O)c2cn(Cc3ccccn3)c(=O)s2)cc1. The monoisotopic (exact) mass is 355 g/mol. The molecule has 1 aromatic carbocycles. The number of carbonyl (C=O) groups excluding carboxylic acids is 1. The van der Waals surface area contributed by atoms with E-state index in [-0.39, 0.29) is 10.8 Å². The molecule has 0 bridgehead atoms. The van der Waals surface area contributed by atoms with E-state index in [2.05, 4.69) is 10.3 Å². The molecule has 0 unspecified atom stereocenters. The molecule has 7 heteroatoms. The second kappa shape index (κ2) is 7.76. The summed E-state index contributed by atoms with van der Waals surface area (Å²) in [6, 6.07) is 13.0. The first-order valence-corrected chi connectivity index (χ1v) is 8.48. The maximum absolute atomic E-state index is 12.3. The molecule has 0 spiro atoms. The summed E-state index contributed by atoms with van der Waals surface area (Å²) in [4.78, 5) is 28.7. The first-order valence-electron chi connectivity index (χ1n) is 7.67. The normalized spacial score (nSPS) is 10.4. The van der Waals surface area contributed by atoms with Crippen LogP contribution in [0.4, 0.5) is 0 Å². The minimum Gasteiger partial charge on any atom is -0.497 e. The fourth-order valence-electron chi connectivity index (χ4n) is 2.27. The fraction of sp³-hybridized carbons (Fsp3) is 0.167. The zero-order valence-corrected chi connectivity index (χ0v) is 14.5. The summed E-state index contributed by atoms with van der Waals surface area (Å²) in [7, 11) is 1.61. The Labute approximate surface area is 148 Å². The highest BCUT2D eigenvalue weighted by Gasteiger charge is 2.12. The van der Waals surface area contributed by atoms with E-state index in [1.54, 1.807) is 19.5 Å². The van der Waals surface area contributed by atoms with Crippen molar-refractivity contribution in [2.45, 2.75) is 13.1 Å². The van der Waals surface area contributed by atoms with Gasteiger partial charge in [-0.15, -0.1) is 0 Å². The van der Waals surface area contributed by atoms with Gasteiger partial charge in [-0.25, -0.2) is 0 Å². The lowest BCUT2D eigenvalue weighted by atomic mass is 10.2. The summed E-state index contributed by atoms with van der Waals surface area (Å²) >= 11 is 0.931. The lowest BCUT2D eigenvalue weighted by molar-refractivity contribution is 0.0954. The Balaban J connectivity index is 1.64. The standard InChI is InChI=1S/C18H17N3O3S/c1-24-15-7-5-13(6-8-15)10-20-17(22)16-12-21(18(23)25-16)11-14-4-2-3-9-19-14/h2-9,12H,10-11H2,1H3,(H,20,22). The number of nitrogens with one attached hydrogen (secondary N) is 1. The average Bonchev–Trinajstić information content (AvgIpc) is 3.01. The van der Waals surface area contributed by atoms with Crippen LogP contribution in [0.25, 0.3) is 0 Å². The summed E-state index contributed by atoms with van der Waals surface area (Å²) in [5.41, 5.74) is 1.72. The number of amides is 1. The number of ether oxygens (including phenoxy) is 1. The maximum Gasteiger partial charge on any atom is 0.308 e. The largest absolute Gasteiger partial charge is 0.497 e. The van der Waals surface area contributed by atoms with Crippen LogP contribution < -0.4 is 14.9 Å². The van der Waals surface area contributed by atoms with Crippen LogP contribution in [0.5, 0.6) is 5.75 Å². The van der Waals surface area contributed by atoms with Crippen molar-refractivity contribution in [3.05, 3.63) is 80.7 Å². The van der Waals surface area contributed by atoms with Crippen LogP contribution in [0.2, 0.25) is 0 Å². The number of nitrogens with zero attached hydrogens (tertiary/aromatic N) is 2. The highest BCUT2D eigenvalue weighted by molar-refractivity contribution is 7.11. The van der Waals surface area contributed by atoms with E-state index in [0.717, 1.165) is 28.3 Å². The third-order valence-corrected chi connectivity index (χ3v) is 4.52. The third kappa shape index (κ3) is 4.33. The van der Waals surface area contributed by atoms with Crippen LogP contribution in [-0.4, -0.2) is 22.6 Å². The summed E-state index contributed by atoms with van der Waals surface area (Å²) in [6.07, 6.45) is 3.25. The minimum atomic E-state index is -0.266. The minimum absolute atomic E-state index is 0.180. The summed E-state index contributed by atoms with van der Waals surface area (Å²) in [5.74, 6) is 0.498. The molecule has 0 aliphatic rings. The van der Waals surface area contributed by atoms with Gasteiger partial charge in [0, 0.05) is 18.9 Å². The molecule has 0 saturated carbocycles.